The van der Waals surface area contributed by atoms with Crippen LogP contribution in [0.1, 0.15) is 24.8 Å². The van der Waals surface area contributed by atoms with E-state index in [2.05, 4.69) is 20.4 Å². The predicted octanol–water partition coefficient (Wildman–Crippen LogP) is 0.973. The van der Waals surface area contributed by atoms with Crippen molar-refractivity contribution in [2.45, 2.75) is 31.8 Å². The highest BCUT2D eigenvalue weighted by Crippen LogP contribution is 2.18. The lowest BCUT2D eigenvalue weighted by Gasteiger charge is -2.36. The molecule has 2 saturated heterocycles. The SMILES string of the molecule is O=C(CN1CCN(C(=NCc2ccc([N+](=O)[O-])cc2)NCC2CCOC2)CC1)NC1CC1. The Morgan fingerprint density at radius 2 is 1.91 bits per heavy atom. The van der Waals surface area contributed by atoms with Gasteiger partial charge in [-0.25, -0.2) is 4.99 Å². The maximum Gasteiger partial charge on any atom is 0.269 e. The van der Waals surface area contributed by atoms with Gasteiger partial charge in [-0.3, -0.25) is 19.8 Å². The van der Waals surface area contributed by atoms with E-state index in [1.807, 2.05) is 0 Å². The van der Waals surface area contributed by atoms with Gasteiger partial charge in [-0.1, -0.05) is 12.1 Å². The summed E-state index contributed by atoms with van der Waals surface area (Å²) in [7, 11) is 0. The van der Waals surface area contributed by atoms with Gasteiger partial charge in [0.25, 0.3) is 5.69 Å². The third kappa shape index (κ3) is 6.64. The molecule has 1 aliphatic carbocycles. The van der Waals surface area contributed by atoms with Gasteiger partial charge in [0, 0.05) is 63.4 Å². The normalized spacial score (nSPS) is 22.1. The Labute approximate surface area is 188 Å². The number of nitro groups is 1. The number of hydrogen-bond donors (Lipinski definition) is 2. The van der Waals surface area contributed by atoms with E-state index in [-0.39, 0.29) is 11.6 Å². The molecule has 3 fully saturated rings. The van der Waals surface area contributed by atoms with Crippen LogP contribution in [0.25, 0.3) is 0 Å². The van der Waals surface area contributed by atoms with Crippen LogP contribution in [0.2, 0.25) is 0 Å². The number of benzene rings is 1. The fourth-order valence-electron chi connectivity index (χ4n) is 3.96. The number of carbonyl (C=O) groups is 1. The molecule has 10 heteroatoms. The van der Waals surface area contributed by atoms with Crippen molar-refractivity contribution >= 4 is 17.6 Å². The number of piperazine rings is 1. The number of carbonyl (C=O) groups excluding carboxylic acids is 1. The van der Waals surface area contributed by atoms with Gasteiger partial charge >= 0.3 is 0 Å². The van der Waals surface area contributed by atoms with E-state index in [1.165, 1.54) is 12.1 Å². The van der Waals surface area contributed by atoms with Crippen LogP contribution >= 0.6 is 0 Å². The summed E-state index contributed by atoms with van der Waals surface area (Å²) in [5.41, 5.74) is 1.01. The lowest BCUT2D eigenvalue weighted by atomic mass is 10.1. The molecule has 4 rings (SSSR count). The van der Waals surface area contributed by atoms with Crippen LogP contribution in [0, 0.1) is 16.0 Å². The molecule has 174 valence electrons. The number of nitrogens with one attached hydrogen (secondary N) is 2. The van der Waals surface area contributed by atoms with Gasteiger partial charge < -0.3 is 20.3 Å². The zero-order valence-electron chi connectivity index (χ0n) is 18.4. The first-order valence-corrected chi connectivity index (χ1v) is 11.4. The second-order valence-electron chi connectivity index (χ2n) is 8.78. The van der Waals surface area contributed by atoms with Gasteiger partial charge in [0.15, 0.2) is 5.96 Å². The molecule has 1 unspecified atom stereocenters. The number of non-ortho nitro benzene ring substituents is 1. The average molecular weight is 445 g/mol. The summed E-state index contributed by atoms with van der Waals surface area (Å²) < 4.78 is 5.48. The molecule has 3 aliphatic rings. The molecule has 0 spiro atoms. The van der Waals surface area contributed by atoms with Crippen LogP contribution in [0.4, 0.5) is 5.69 Å². The minimum Gasteiger partial charge on any atom is -0.381 e. The van der Waals surface area contributed by atoms with Gasteiger partial charge in [-0.2, -0.15) is 0 Å². The molecular weight excluding hydrogens is 412 g/mol. The van der Waals surface area contributed by atoms with Crippen molar-refractivity contribution in [2.75, 3.05) is 52.5 Å². The van der Waals surface area contributed by atoms with Crippen LogP contribution in [0.15, 0.2) is 29.3 Å². The smallest absolute Gasteiger partial charge is 0.269 e. The molecule has 1 amide bonds. The Hall–Kier alpha value is -2.72. The average Bonchev–Trinajstić information content (AvgIpc) is 3.44. The number of hydrogen-bond acceptors (Lipinski definition) is 6. The highest BCUT2D eigenvalue weighted by Gasteiger charge is 2.26. The van der Waals surface area contributed by atoms with Gasteiger partial charge in [0.2, 0.25) is 5.91 Å². The summed E-state index contributed by atoms with van der Waals surface area (Å²) in [5, 5.41) is 17.4. The van der Waals surface area contributed by atoms with Crippen molar-refractivity contribution in [3.05, 3.63) is 39.9 Å². The van der Waals surface area contributed by atoms with Crippen molar-refractivity contribution in [1.29, 1.82) is 0 Å². The van der Waals surface area contributed by atoms with Crippen LogP contribution in [-0.4, -0.2) is 85.1 Å². The van der Waals surface area contributed by atoms with E-state index in [0.717, 1.165) is 76.7 Å². The fraction of sp³-hybridized carbons (Fsp3) is 0.636. The maximum atomic E-state index is 12.1. The van der Waals surface area contributed by atoms with E-state index < -0.39 is 4.92 Å². The summed E-state index contributed by atoms with van der Waals surface area (Å²) in [5.74, 6) is 1.44. The highest BCUT2D eigenvalue weighted by atomic mass is 16.6. The van der Waals surface area contributed by atoms with E-state index in [4.69, 9.17) is 9.73 Å². The zero-order chi connectivity index (χ0) is 22.3. The quantitative estimate of drug-likeness (QED) is 0.266. The molecule has 2 aliphatic heterocycles. The van der Waals surface area contributed by atoms with Crippen molar-refractivity contribution in [1.82, 2.24) is 20.4 Å². The highest BCUT2D eigenvalue weighted by molar-refractivity contribution is 5.80. The molecule has 1 atom stereocenters. The Morgan fingerprint density at radius 1 is 1.16 bits per heavy atom. The second-order valence-corrected chi connectivity index (χ2v) is 8.78. The Morgan fingerprint density at radius 3 is 2.53 bits per heavy atom. The number of nitro benzene ring substituents is 1. The van der Waals surface area contributed by atoms with E-state index in [9.17, 15) is 14.9 Å². The van der Waals surface area contributed by atoms with Crippen LogP contribution in [0.3, 0.4) is 0 Å². The molecule has 10 nitrogen and oxygen atoms in total. The summed E-state index contributed by atoms with van der Waals surface area (Å²) >= 11 is 0. The molecule has 1 aromatic carbocycles. The predicted molar refractivity (Wildman–Crippen MR) is 120 cm³/mol. The molecule has 1 aromatic rings. The minimum atomic E-state index is -0.395. The summed E-state index contributed by atoms with van der Waals surface area (Å²) in [6.07, 6.45) is 3.25. The first kappa shape index (κ1) is 22.5. The molecule has 32 heavy (non-hydrogen) atoms. The standard InChI is InChI=1S/C22H32N6O4/c29-21(25-19-3-4-19)15-26-8-10-27(11-9-26)22(24-14-18-7-12-32-16-18)23-13-17-1-5-20(6-2-17)28(30)31/h1-2,5-6,18-19H,3-4,7-16H2,(H,23,24)(H,25,29). The summed E-state index contributed by atoms with van der Waals surface area (Å²) in [4.78, 5) is 31.8. The van der Waals surface area contributed by atoms with Gasteiger partial charge in [-0.15, -0.1) is 0 Å². The number of ether oxygens (including phenoxy) is 1. The van der Waals surface area contributed by atoms with Gasteiger partial charge in [0.1, 0.15) is 0 Å². The minimum absolute atomic E-state index is 0.0826. The van der Waals surface area contributed by atoms with Crippen molar-refractivity contribution in [3.8, 4) is 0 Å². The number of amides is 1. The van der Waals surface area contributed by atoms with E-state index in [0.29, 0.717) is 25.0 Å². The van der Waals surface area contributed by atoms with E-state index in [1.54, 1.807) is 12.1 Å². The summed E-state index contributed by atoms with van der Waals surface area (Å²) in [6.45, 7) is 6.50. The summed E-state index contributed by atoms with van der Waals surface area (Å²) in [6, 6.07) is 6.92. The number of nitrogens with zero attached hydrogens (tertiary/aromatic N) is 4. The topological polar surface area (TPSA) is 112 Å². The molecule has 0 bridgehead atoms. The first-order valence-electron chi connectivity index (χ1n) is 11.4. The molecule has 2 N–H and O–H groups in total. The van der Waals surface area contributed by atoms with Crippen LogP contribution in [-0.2, 0) is 16.1 Å². The molecule has 0 aromatic heterocycles. The van der Waals surface area contributed by atoms with Crippen LogP contribution in [0.5, 0.6) is 0 Å². The number of guanidine groups is 1. The first-order chi connectivity index (χ1) is 15.6. The van der Waals surface area contributed by atoms with Gasteiger partial charge in [-0.05, 0) is 24.8 Å². The van der Waals surface area contributed by atoms with Gasteiger partial charge in [0.05, 0.1) is 24.6 Å². The largest absolute Gasteiger partial charge is 0.381 e. The zero-order valence-corrected chi connectivity index (χ0v) is 18.4. The fourth-order valence-corrected chi connectivity index (χ4v) is 3.96. The molecular formula is C22H32N6O4. The van der Waals surface area contributed by atoms with E-state index >= 15 is 0 Å². The number of aliphatic imine (C=N–C) groups is 1. The maximum absolute atomic E-state index is 12.1. The molecule has 2 heterocycles. The lowest BCUT2D eigenvalue weighted by molar-refractivity contribution is -0.384. The third-order valence-electron chi connectivity index (χ3n) is 6.11. The molecule has 0 radical (unpaired) electrons. The third-order valence-corrected chi connectivity index (χ3v) is 6.11. The van der Waals surface area contributed by atoms with Crippen molar-refractivity contribution in [3.63, 3.8) is 0 Å². The Kier molecular flexibility index (Phi) is 7.54. The van der Waals surface area contributed by atoms with Crippen molar-refractivity contribution < 1.29 is 14.5 Å². The number of rotatable bonds is 8. The van der Waals surface area contributed by atoms with Crippen molar-refractivity contribution in [2.24, 2.45) is 10.9 Å². The second kappa shape index (κ2) is 10.7. The molecule has 1 saturated carbocycles. The Bertz CT molecular complexity index is 812. The lowest BCUT2D eigenvalue weighted by Crippen LogP contribution is -2.54. The van der Waals surface area contributed by atoms with Crippen LogP contribution < -0.4 is 10.6 Å². The monoisotopic (exact) mass is 444 g/mol. The Balaban J connectivity index is 1.33.